The van der Waals surface area contributed by atoms with Crippen molar-refractivity contribution < 1.29 is 17.9 Å². The van der Waals surface area contributed by atoms with Crippen LogP contribution in [0.1, 0.15) is 23.6 Å². The zero-order chi connectivity index (χ0) is 20.5. The van der Waals surface area contributed by atoms with Crippen molar-refractivity contribution in [3.63, 3.8) is 0 Å². The van der Waals surface area contributed by atoms with Crippen LogP contribution < -0.4 is 4.74 Å². The van der Waals surface area contributed by atoms with E-state index in [1.807, 2.05) is 19.1 Å². The standard InChI is InChI=1S/C20H19ClF3N3O/c1-12-11-27(26-18(12)15-4-3-5-16(21)19(15)28-2)17(25)10-13-6-8-14(9-7-13)20(22,23)24/h3-9,12,25H,10-11H2,1-2H3. The summed E-state index contributed by atoms with van der Waals surface area (Å²) in [4.78, 5) is 0. The number of hydrazone groups is 1. The molecule has 4 nitrogen and oxygen atoms in total. The number of nitrogens with one attached hydrogen (secondary N) is 1. The molecule has 1 unspecified atom stereocenters. The van der Waals surface area contributed by atoms with Crippen molar-refractivity contribution in [3.05, 3.63) is 64.2 Å². The summed E-state index contributed by atoms with van der Waals surface area (Å²) < 4.78 is 43.4. The van der Waals surface area contributed by atoms with E-state index in [-0.39, 0.29) is 18.2 Å². The molecule has 0 saturated heterocycles. The van der Waals surface area contributed by atoms with Gasteiger partial charge in [-0.2, -0.15) is 18.3 Å². The number of ether oxygens (including phenoxy) is 1. The molecule has 1 aliphatic heterocycles. The third-order valence-corrected chi connectivity index (χ3v) is 4.85. The van der Waals surface area contributed by atoms with Gasteiger partial charge in [0.2, 0.25) is 0 Å². The van der Waals surface area contributed by atoms with Crippen LogP contribution in [0.3, 0.4) is 0 Å². The van der Waals surface area contributed by atoms with Crippen LogP contribution in [-0.4, -0.2) is 30.2 Å². The van der Waals surface area contributed by atoms with E-state index in [4.69, 9.17) is 21.7 Å². The number of para-hydroxylation sites is 1. The van der Waals surface area contributed by atoms with Gasteiger partial charge in [-0.3, -0.25) is 10.4 Å². The number of halogens is 4. The zero-order valence-corrected chi connectivity index (χ0v) is 16.1. The molecule has 0 fully saturated rings. The van der Waals surface area contributed by atoms with Gasteiger partial charge in [0, 0.05) is 17.9 Å². The molecular formula is C20H19ClF3N3O. The van der Waals surface area contributed by atoms with Gasteiger partial charge in [-0.1, -0.05) is 36.7 Å². The predicted molar refractivity (Wildman–Crippen MR) is 103 cm³/mol. The van der Waals surface area contributed by atoms with Crippen molar-refractivity contribution in [3.8, 4) is 5.75 Å². The van der Waals surface area contributed by atoms with Crippen molar-refractivity contribution in [2.24, 2.45) is 11.0 Å². The zero-order valence-electron chi connectivity index (χ0n) is 15.3. The Morgan fingerprint density at radius 1 is 1.25 bits per heavy atom. The van der Waals surface area contributed by atoms with Gasteiger partial charge in [0.05, 0.1) is 30.0 Å². The van der Waals surface area contributed by atoms with E-state index in [1.54, 1.807) is 11.1 Å². The summed E-state index contributed by atoms with van der Waals surface area (Å²) in [6.45, 7) is 2.50. The number of nitrogens with zero attached hydrogens (tertiary/aromatic N) is 2. The predicted octanol–water partition coefficient (Wildman–Crippen LogP) is 5.24. The fourth-order valence-corrected chi connectivity index (χ4v) is 3.37. The summed E-state index contributed by atoms with van der Waals surface area (Å²) in [5.41, 5.74) is 1.45. The first-order valence-electron chi connectivity index (χ1n) is 8.63. The molecule has 1 N–H and O–H groups in total. The van der Waals surface area contributed by atoms with E-state index in [1.165, 1.54) is 19.2 Å². The Balaban J connectivity index is 1.78. The van der Waals surface area contributed by atoms with Gasteiger partial charge in [0.25, 0.3) is 0 Å². The van der Waals surface area contributed by atoms with Gasteiger partial charge in [-0.15, -0.1) is 0 Å². The van der Waals surface area contributed by atoms with Crippen molar-refractivity contribution in [2.45, 2.75) is 19.5 Å². The van der Waals surface area contributed by atoms with Crippen LogP contribution in [0.25, 0.3) is 0 Å². The highest BCUT2D eigenvalue weighted by Crippen LogP contribution is 2.33. The highest BCUT2D eigenvalue weighted by molar-refractivity contribution is 6.32. The Morgan fingerprint density at radius 2 is 1.93 bits per heavy atom. The highest BCUT2D eigenvalue weighted by atomic mass is 35.5. The molecule has 0 saturated carbocycles. The lowest BCUT2D eigenvalue weighted by atomic mass is 9.98. The lowest BCUT2D eigenvalue weighted by Gasteiger charge is -2.16. The number of alkyl halides is 3. The molecule has 1 heterocycles. The minimum absolute atomic E-state index is 0.0420. The van der Waals surface area contributed by atoms with E-state index < -0.39 is 11.7 Å². The lowest BCUT2D eigenvalue weighted by molar-refractivity contribution is -0.137. The molecule has 0 aliphatic carbocycles. The number of hydrogen-bond acceptors (Lipinski definition) is 3. The lowest BCUT2D eigenvalue weighted by Crippen LogP contribution is -2.26. The van der Waals surface area contributed by atoms with Gasteiger partial charge >= 0.3 is 6.18 Å². The van der Waals surface area contributed by atoms with Crippen LogP contribution >= 0.6 is 11.6 Å². The minimum atomic E-state index is -4.37. The molecular weight excluding hydrogens is 391 g/mol. The molecule has 2 aromatic rings. The molecule has 0 radical (unpaired) electrons. The average molecular weight is 410 g/mol. The summed E-state index contributed by atoms with van der Waals surface area (Å²) in [7, 11) is 1.54. The monoisotopic (exact) mass is 409 g/mol. The first-order chi connectivity index (χ1) is 13.2. The quantitative estimate of drug-likeness (QED) is 0.554. The third kappa shape index (κ3) is 4.14. The summed E-state index contributed by atoms with van der Waals surface area (Å²) in [5.74, 6) is 0.786. The molecule has 1 aliphatic rings. The first kappa shape index (κ1) is 20.2. The number of amidine groups is 1. The summed E-state index contributed by atoms with van der Waals surface area (Å²) in [5, 5.41) is 14.9. The van der Waals surface area contributed by atoms with E-state index in [9.17, 15) is 13.2 Å². The largest absolute Gasteiger partial charge is 0.494 e. The molecule has 0 amide bonds. The highest BCUT2D eigenvalue weighted by Gasteiger charge is 2.31. The molecule has 0 bridgehead atoms. The molecule has 28 heavy (non-hydrogen) atoms. The van der Waals surface area contributed by atoms with Gasteiger partial charge in [-0.25, -0.2) is 0 Å². The van der Waals surface area contributed by atoms with Crippen LogP contribution in [-0.2, 0) is 12.6 Å². The van der Waals surface area contributed by atoms with Gasteiger partial charge < -0.3 is 4.74 Å². The molecule has 148 valence electrons. The molecule has 1 atom stereocenters. The number of hydrogen-bond donors (Lipinski definition) is 1. The number of benzene rings is 2. The van der Waals surface area contributed by atoms with Gasteiger partial charge in [0.15, 0.2) is 0 Å². The molecule has 3 rings (SSSR count). The summed E-state index contributed by atoms with van der Waals surface area (Å²) in [6.07, 6.45) is -4.18. The van der Waals surface area contributed by atoms with Crippen LogP contribution in [0.5, 0.6) is 5.75 Å². The van der Waals surface area contributed by atoms with Crippen molar-refractivity contribution in [2.75, 3.05) is 13.7 Å². The van der Waals surface area contributed by atoms with Crippen LogP contribution in [0.2, 0.25) is 5.02 Å². The Morgan fingerprint density at radius 3 is 2.54 bits per heavy atom. The topological polar surface area (TPSA) is 48.7 Å². The molecule has 2 aromatic carbocycles. The van der Waals surface area contributed by atoms with E-state index in [0.29, 0.717) is 22.9 Å². The SMILES string of the molecule is COc1c(Cl)cccc1C1=NN(C(=N)Cc2ccc(C(F)(F)F)cc2)CC1C. The van der Waals surface area contributed by atoms with Gasteiger partial charge in [0.1, 0.15) is 11.6 Å². The average Bonchev–Trinajstić information content (AvgIpc) is 3.03. The third-order valence-electron chi connectivity index (χ3n) is 4.55. The van der Waals surface area contributed by atoms with Gasteiger partial charge in [-0.05, 0) is 29.8 Å². The number of rotatable bonds is 4. The van der Waals surface area contributed by atoms with Crippen LogP contribution in [0.15, 0.2) is 47.6 Å². The fraction of sp³-hybridized carbons (Fsp3) is 0.300. The molecule has 0 spiro atoms. The normalized spacial score (nSPS) is 16.9. The maximum atomic E-state index is 12.7. The second-order valence-corrected chi connectivity index (χ2v) is 7.01. The minimum Gasteiger partial charge on any atom is -0.494 e. The maximum absolute atomic E-state index is 12.7. The second-order valence-electron chi connectivity index (χ2n) is 6.61. The summed E-state index contributed by atoms with van der Waals surface area (Å²) in [6, 6.07) is 10.2. The van der Waals surface area contributed by atoms with E-state index >= 15 is 0 Å². The van der Waals surface area contributed by atoms with Crippen molar-refractivity contribution >= 4 is 23.1 Å². The van der Waals surface area contributed by atoms with E-state index in [2.05, 4.69) is 5.10 Å². The summed E-state index contributed by atoms with van der Waals surface area (Å²) >= 11 is 6.19. The van der Waals surface area contributed by atoms with Crippen molar-refractivity contribution in [1.82, 2.24) is 5.01 Å². The Kier molecular flexibility index (Phi) is 5.65. The maximum Gasteiger partial charge on any atom is 0.416 e. The fourth-order valence-electron chi connectivity index (χ4n) is 3.12. The number of methoxy groups -OCH3 is 1. The van der Waals surface area contributed by atoms with Crippen molar-refractivity contribution in [1.29, 1.82) is 5.41 Å². The van der Waals surface area contributed by atoms with Crippen LogP contribution in [0, 0.1) is 11.3 Å². The van der Waals surface area contributed by atoms with Crippen LogP contribution in [0.4, 0.5) is 13.2 Å². The van der Waals surface area contributed by atoms with E-state index in [0.717, 1.165) is 23.4 Å². The molecule has 0 aromatic heterocycles. The smallest absolute Gasteiger partial charge is 0.416 e. The first-order valence-corrected chi connectivity index (χ1v) is 9.01. The Hall–Kier alpha value is -2.54. The molecule has 8 heteroatoms. The Labute approximate surface area is 166 Å². The second kappa shape index (κ2) is 7.83. The Bertz CT molecular complexity index is 910.